The standard InChI is InChI=1S/C15H21N3O2/c19-14(20)13-11-7-3-4-8-12(11)16-15(17-13)18-9-5-1-2-6-10-18/h1-10H2,(H,19,20). The van der Waals surface area contributed by atoms with Gasteiger partial charge in [0.1, 0.15) is 0 Å². The summed E-state index contributed by atoms with van der Waals surface area (Å²) in [5.41, 5.74) is 2.05. The van der Waals surface area contributed by atoms with Gasteiger partial charge in [-0.3, -0.25) is 0 Å². The van der Waals surface area contributed by atoms with E-state index in [1.165, 1.54) is 12.8 Å². The van der Waals surface area contributed by atoms with Gasteiger partial charge in [0.2, 0.25) is 5.95 Å². The average molecular weight is 275 g/mol. The maximum Gasteiger partial charge on any atom is 0.354 e. The molecule has 0 bridgehead atoms. The van der Waals surface area contributed by atoms with E-state index in [9.17, 15) is 9.90 Å². The Morgan fingerprint density at radius 3 is 2.35 bits per heavy atom. The molecule has 0 radical (unpaired) electrons. The summed E-state index contributed by atoms with van der Waals surface area (Å²) in [5, 5.41) is 9.41. The van der Waals surface area contributed by atoms with Crippen LogP contribution in [0.3, 0.4) is 0 Å². The highest BCUT2D eigenvalue weighted by molar-refractivity contribution is 5.87. The monoisotopic (exact) mass is 275 g/mol. The highest BCUT2D eigenvalue weighted by atomic mass is 16.4. The number of aryl methyl sites for hydroxylation is 1. The molecule has 0 aromatic carbocycles. The maximum absolute atomic E-state index is 11.5. The fraction of sp³-hybridized carbons (Fsp3) is 0.667. The van der Waals surface area contributed by atoms with Crippen LogP contribution < -0.4 is 4.90 Å². The van der Waals surface area contributed by atoms with Gasteiger partial charge in [-0.2, -0.15) is 0 Å². The van der Waals surface area contributed by atoms with Crippen molar-refractivity contribution in [3.05, 3.63) is 17.0 Å². The SMILES string of the molecule is O=C(O)c1nc(N2CCCCCC2)nc2c1CCCC2. The number of nitrogens with zero attached hydrogens (tertiary/aromatic N) is 3. The lowest BCUT2D eigenvalue weighted by atomic mass is 9.94. The molecule has 1 aliphatic carbocycles. The van der Waals surface area contributed by atoms with Crippen LogP contribution in [0, 0.1) is 0 Å². The Balaban J connectivity index is 1.98. The van der Waals surface area contributed by atoms with E-state index in [1.54, 1.807) is 0 Å². The predicted octanol–water partition coefficient (Wildman–Crippen LogP) is 2.43. The summed E-state index contributed by atoms with van der Waals surface area (Å²) in [5.74, 6) is -0.286. The third kappa shape index (κ3) is 2.62. The second kappa shape index (κ2) is 5.77. The van der Waals surface area contributed by atoms with Gasteiger partial charge in [0, 0.05) is 18.7 Å². The van der Waals surface area contributed by atoms with Crippen molar-refractivity contribution in [3.8, 4) is 0 Å². The van der Waals surface area contributed by atoms with Gasteiger partial charge >= 0.3 is 5.97 Å². The van der Waals surface area contributed by atoms with Crippen LogP contribution >= 0.6 is 0 Å². The minimum Gasteiger partial charge on any atom is -0.476 e. The zero-order valence-electron chi connectivity index (χ0n) is 11.8. The number of anilines is 1. The summed E-state index contributed by atoms with van der Waals surface area (Å²) in [6, 6.07) is 0. The Kier molecular flexibility index (Phi) is 3.85. The van der Waals surface area contributed by atoms with Crippen molar-refractivity contribution in [2.24, 2.45) is 0 Å². The molecule has 2 aliphatic rings. The van der Waals surface area contributed by atoms with E-state index in [0.717, 1.165) is 62.9 Å². The fourth-order valence-corrected chi connectivity index (χ4v) is 3.17. The molecule has 0 amide bonds. The second-order valence-corrected chi connectivity index (χ2v) is 5.71. The zero-order chi connectivity index (χ0) is 13.9. The van der Waals surface area contributed by atoms with Gasteiger partial charge < -0.3 is 10.0 Å². The van der Waals surface area contributed by atoms with Crippen molar-refractivity contribution in [2.45, 2.75) is 51.4 Å². The summed E-state index contributed by atoms with van der Waals surface area (Å²) in [7, 11) is 0. The van der Waals surface area contributed by atoms with E-state index in [2.05, 4.69) is 14.9 Å². The molecule has 3 rings (SSSR count). The fourth-order valence-electron chi connectivity index (χ4n) is 3.17. The quantitative estimate of drug-likeness (QED) is 0.898. The molecule has 1 aliphatic heterocycles. The minimum absolute atomic E-state index is 0.231. The average Bonchev–Trinajstić information content (AvgIpc) is 2.75. The molecule has 0 spiro atoms. The first-order valence-electron chi connectivity index (χ1n) is 7.64. The Morgan fingerprint density at radius 1 is 0.950 bits per heavy atom. The smallest absolute Gasteiger partial charge is 0.354 e. The van der Waals surface area contributed by atoms with E-state index >= 15 is 0 Å². The van der Waals surface area contributed by atoms with Crippen molar-refractivity contribution < 1.29 is 9.90 Å². The van der Waals surface area contributed by atoms with Crippen LogP contribution in [0.5, 0.6) is 0 Å². The van der Waals surface area contributed by atoms with E-state index in [-0.39, 0.29) is 5.69 Å². The molecular formula is C15H21N3O2. The van der Waals surface area contributed by atoms with Crippen molar-refractivity contribution in [1.82, 2.24) is 9.97 Å². The number of hydrogen-bond acceptors (Lipinski definition) is 4. The van der Waals surface area contributed by atoms with Crippen molar-refractivity contribution >= 4 is 11.9 Å². The van der Waals surface area contributed by atoms with Crippen LogP contribution in [0.4, 0.5) is 5.95 Å². The van der Waals surface area contributed by atoms with E-state index in [0.29, 0.717) is 5.95 Å². The third-order valence-electron chi connectivity index (χ3n) is 4.26. The number of aromatic nitrogens is 2. The first kappa shape index (κ1) is 13.3. The first-order valence-corrected chi connectivity index (χ1v) is 7.64. The number of carboxylic acid groups (broad SMARTS) is 1. The predicted molar refractivity (Wildman–Crippen MR) is 76.3 cm³/mol. The van der Waals surface area contributed by atoms with Gasteiger partial charge in [0.25, 0.3) is 0 Å². The highest BCUT2D eigenvalue weighted by Crippen LogP contribution is 2.25. The number of hydrogen-bond donors (Lipinski definition) is 1. The van der Waals surface area contributed by atoms with Gasteiger partial charge in [-0.1, -0.05) is 12.8 Å². The summed E-state index contributed by atoms with van der Waals surface area (Å²) in [6.07, 6.45) is 8.60. The minimum atomic E-state index is -0.915. The largest absolute Gasteiger partial charge is 0.476 e. The van der Waals surface area contributed by atoms with Gasteiger partial charge in [0.15, 0.2) is 5.69 Å². The molecular weight excluding hydrogens is 254 g/mol. The molecule has 5 nitrogen and oxygen atoms in total. The summed E-state index contributed by atoms with van der Waals surface area (Å²) in [6.45, 7) is 1.88. The molecule has 2 heterocycles. The van der Waals surface area contributed by atoms with Gasteiger partial charge in [0.05, 0.1) is 5.69 Å². The molecule has 0 saturated carbocycles. The summed E-state index contributed by atoms with van der Waals surface area (Å²) < 4.78 is 0. The molecule has 5 heteroatoms. The Hall–Kier alpha value is -1.65. The van der Waals surface area contributed by atoms with E-state index in [4.69, 9.17) is 0 Å². The number of carbonyl (C=O) groups is 1. The van der Waals surface area contributed by atoms with Crippen LogP contribution in [0.15, 0.2) is 0 Å². The number of aromatic carboxylic acids is 1. The zero-order valence-corrected chi connectivity index (χ0v) is 11.8. The van der Waals surface area contributed by atoms with Crippen molar-refractivity contribution in [3.63, 3.8) is 0 Å². The lowest BCUT2D eigenvalue weighted by Gasteiger charge is -2.24. The van der Waals surface area contributed by atoms with Crippen LogP contribution in [0.25, 0.3) is 0 Å². The van der Waals surface area contributed by atoms with Gasteiger partial charge in [-0.05, 0) is 38.5 Å². The molecule has 108 valence electrons. The van der Waals surface area contributed by atoms with Gasteiger partial charge in [-0.25, -0.2) is 14.8 Å². The normalized spacial score (nSPS) is 19.3. The second-order valence-electron chi connectivity index (χ2n) is 5.71. The van der Waals surface area contributed by atoms with Crippen LogP contribution in [0.2, 0.25) is 0 Å². The molecule has 1 aromatic heterocycles. The molecule has 0 unspecified atom stereocenters. The molecule has 1 saturated heterocycles. The first-order chi connectivity index (χ1) is 9.75. The molecule has 1 N–H and O–H groups in total. The highest BCUT2D eigenvalue weighted by Gasteiger charge is 2.24. The molecule has 20 heavy (non-hydrogen) atoms. The maximum atomic E-state index is 11.5. The van der Waals surface area contributed by atoms with Gasteiger partial charge in [-0.15, -0.1) is 0 Å². The number of rotatable bonds is 2. The topological polar surface area (TPSA) is 66.3 Å². The Morgan fingerprint density at radius 2 is 1.65 bits per heavy atom. The summed E-state index contributed by atoms with van der Waals surface area (Å²) >= 11 is 0. The van der Waals surface area contributed by atoms with Crippen LogP contribution in [-0.2, 0) is 12.8 Å². The van der Waals surface area contributed by atoms with E-state index < -0.39 is 5.97 Å². The molecule has 1 fully saturated rings. The number of carboxylic acids is 1. The third-order valence-corrected chi connectivity index (χ3v) is 4.26. The van der Waals surface area contributed by atoms with Crippen molar-refractivity contribution in [1.29, 1.82) is 0 Å². The number of fused-ring (bicyclic) bond motifs is 1. The summed E-state index contributed by atoms with van der Waals surface area (Å²) in [4.78, 5) is 22.7. The lowest BCUT2D eigenvalue weighted by molar-refractivity contribution is 0.0688. The lowest BCUT2D eigenvalue weighted by Crippen LogP contribution is -2.28. The van der Waals surface area contributed by atoms with Crippen molar-refractivity contribution in [2.75, 3.05) is 18.0 Å². The molecule has 0 atom stereocenters. The Bertz CT molecular complexity index is 508. The van der Waals surface area contributed by atoms with E-state index in [1.807, 2.05) is 0 Å². The van der Waals surface area contributed by atoms with Crippen LogP contribution in [0.1, 0.15) is 60.3 Å². The Labute approximate surface area is 119 Å². The van der Waals surface area contributed by atoms with Crippen LogP contribution in [-0.4, -0.2) is 34.1 Å². The molecule has 1 aromatic rings.